The molecule has 1 saturated carbocycles. The Morgan fingerprint density at radius 2 is 1.95 bits per heavy atom. The minimum absolute atomic E-state index is 0.0721. The highest BCUT2D eigenvalue weighted by Gasteiger charge is 2.26. The summed E-state index contributed by atoms with van der Waals surface area (Å²) in [4.78, 5) is 23.5. The van der Waals surface area contributed by atoms with Crippen LogP contribution in [0.4, 0.5) is 0 Å². The lowest BCUT2D eigenvalue weighted by Crippen LogP contribution is -2.49. The van der Waals surface area contributed by atoms with E-state index in [2.05, 4.69) is 10.6 Å². The van der Waals surface area contributed by atoms with Crippen LogP contribution in [0, 0.1) is 5.92 Å². The molecule has 1 fully saturated rings. The van der Waals surface area contributed by atoms with Crippen LogP contribution in [0.5, 0.6) is 0 Å². The van der Waals surface area contributed by atoms with Crippen LogP contribution in [0.25, 0.3) is 0 Å². The van der Waals surface area contributed by atoms with E-state index in [-0.39, 0.29) is 24.3 Å². The highest BCUT2D eigenvalue weighted by atomic mass is 16.5. The first-order valence-corrected chi connectivity index (χ1v) is 7.19. The number of hydrogen-bond acceptors (Lipinski definition) is 4. The number of ether oxygens (including phenoxy) is 1. The van der Waals surface area contributed by atoms with Gasteiger partial charge in [0.05, 0.1) is 13.7 Å². The first-order valence-electron chi connectivity index (χ1n) is 7.19. The van der Waals surface area contributed by atoms with Crippen molar-refractivity contribution in [3.8, 4) is 0 Å². The standard InChI is InChI=1S/C14H26N2O3/c1-4-10(2)13(14(18)19-3)16-12(17)9-15-11-7-5-6-8-11/h10-11,13,15H,4-9H2,1-3H3,(H,16,17). The van der Waals surface area contributed by atoms with Crippen molar-refractivity contribution in [1.29, 1.82) is 0 Å². The summed E-state index contributed by atoms with van der Waals surface area (Å²) in [6, 6.07) is -0.0983. The van der Waals surface area contributed by atoms with Gasteiger partial charge < -0.3 is 15.4 Å². The Labute approximate surface area is 115 Å². The first-order chi connectivity index (χ1) is 9.08. The van der Waals surface area contributed by atoms with E-state index < -0.39 is 6.04 Å². The average Bonchev–Trinajstić information content (AvgIpc) is 2.94. The van der Waals surface area contributed by atoms with Crippen molar-refractivity contribution in [3.05, 3.63) is 0 Å². The number of nitrogens with one attached hydrogen (secondary N) is 2. The summed E-state index contributed by atoms with van der Waals surface area (Å²) in [6.45, 7) is 4.20. The number of hydrogen-bond donors (Lipinski definition) is 2. The van der Waals surface area contributed by atoms with Crippen LogP contribution in [0.15, 0.2) is 0 Å². The van der Waals surface area contributed by atoms with Crippen molar-refractivity contribution >= 4 is 11.9 Å². The molecule has 110 valence electrons. The molecule has 0 aromatic rings. The molecule has 2 N–H and O–H groups in total. The Bertz CT molecular complexity index is 301. The predicted molar refractivity (Wildman–Crippen MR) is 73.7 cm³/mol. The number of methoxy groups -OCH3 is 1. The number of carbonyl (C=O) groups excluding carboxylic acids is 2. The van der Waals surface area contributed by atoms with Crippen molar-refractivity contribution in [3.63, 3.8) is 0 Å². The molecule has 1 aliphatic rings. The monoisotopic (exact) mass is 270 g/mol. The molecule has 1 amide bonds. The maximum atomic E-state index is 11.9. The maximum absolute atomic E-state index is 11.9. The van der Waals surface area contributed by atoms with Gasteiger partial charge in [-0.2, -0.15) is 0 Å². The normalized spacial score (nSPS) is 18.9. The third-order valence-electron chi connectivity index (χ3n) is 3.89. The number of amides is 1. The van der Waals surface area contributed by atoms with Gasteiger partial charge >= 0.3 is 5.97 Å². The zero-order chi connectivity index (χ0) is 14.3. The van der Waals surface area contributed by atoms with Crippen molar-refractivity contribution in [2.24, 2.45) is 5.92 Å². The molecule has 0 saturated heterocycles. The quantitative estimate of drug-likeness (QED) is 0.683. The molecule has 0 spiro atoms. The number of carbonyl (C=O) groups is 2. The molecule has 0 aromatic carbocycles. The van der Waals surface area contributed by atoms with Crippen LogP contribution in [-0.4, -0.2) is 37.6 Å². The lowest BCUT2D eigenvalue weighted by Gasteiger charge is -2.22. The average molecular weight is 270 g/mol. The Balaban J connectivity index is 2.39. The van der Waals surface area contributed by atoms with E-state index >= 15 is 0 Å². The van der Waals surface area contributed by atoms with Gasteiger partial charge in [0.1, 0.15) is 6.04 Å². The minimum atomic E-state index is -0.548. The van der Waals surface area contributed by atoms with Crippen LogP contribution in [-0.2, 0) is 14.3 Å². The lowest BCUT2D eigenvalue weighted by molar-refractivity contribution is -0.146. The van der Waals surface area contributed by atoms with Gasteiger partial charge in [0.25, 0.3) is 0 Å². The second kappa shape index (κ2) is 8.15. The van der Waals surface area contributed by atoms with Gasteiger partial charge in [0, 0.05) is 6.04 Å². The van der Waals surface area contributed by atoms with E-state index in [1.54, 1.807) is 0 Å². The smallest absolute Gasteiger partial charge is 0.328 e. The Hall–Kier alpha value is -1.10. The van der Waals surface area contributed by atoms with Gasteiger partial charge in [-0.1, -0.05) is 33.1 Å². The van der Waals surface area contributed by atoms with Crippen LogP contribution >= 0.6 is 0 Å². The van der Waals surface area contributed by atoms with Crippen LogP contribution in [0.3, 0.4) is 0 Å². The summed E-state index contributed by atoms with van der Waals surface area (Å²) in [5.74, 6) is -0.436. The summed E-state index contributed by atoms with van der Waals surface area (Å²) in [5.41, 5.74) is 0. The highest BCUT2D eigenvalue weighted by Crippen LogP contribution is 2.17. The van der Waals surface area contributed by atoms with Gasteiger partial charge in [0.15, 0.2) is 0 Å². The van der Waals surface area contributed by atoms with Crippen molar-refractivity contribution in [2.45, 2.75) is 58.0 Å². The molecule has 1 rings (SSSR count). The molecule has 1 aliphatic carbocycles. The molecule has 0 aromatic heterocycles. The third kappa shape index (κ3) is 5.19. The van der Waals surface area contributed by atoms with Gasteiger partial charge in [0.2, 0.25) is 5.91 Å². The summed E-state index contributed by atoms with van der Waals surface area (Å²) in [5, 5.41) is 6.00. The molecular weight excluding hydrogens is 244 g/mol. The van der Waals surface area contributed by atoms with Crippen LogP contribution < -0.4 is 10.6 Å². The summed E-state index contributed by atoms with van der Waals surface area (Å²) in [7, 11) is 1.35. The number of rotatable bonds is 7. The fourth-order valence-corrected chi connectivity index (χ4v) is 2.39. The van der Waals surface area contributed by atoms with Gasteiger partial charge in [-0.05, 0) is 18.8 Å². The molecular formula is C14H26N2O3. The van der Waals surface area contributed by atoms with E-state index in [0.717, 1.165) is 19.3 Å². The number of esters is 1. The van der Waals surface area contributed by atoms with E-state index in [4.69, 9.17) is 4.74 Å². The molecule has 19 heavy (non-hydrogen) atoms. The fourth-order valence-electron chi connectivity index (χ4n) is 2.39. The molecule has 5 heteroatoms. The zero-order valence-corrected chi connectivity index (χ0v) is 12.2. The second-order valence-electron chi connectivity index (χ2n) is 5.32. The molecule has 5 nitrogen and oxygen atoms in total. The topological polar surface area (TPSA) is 67.4 Å². The SMILES string of the molecule is CCC(C)C(NC(=O)CNC1CCCC1)C(=O)OC. The lowest BCUT2D eigenvalue weighted by atomic mass is 9.99. The molecule has 0 radical (unpaired) electrons. The summed E-state index contributed by atoms with van der Waals surface area (Å²) >= 11 is 0. The Morgan fingerprint density at radius 3 is 2.47 bits per heavy atom. The van der Waals surface area contributed by atoms with E-state index in [9.17, 15) is 9.59 Å². The molecule has 2 unspecified atom stereocenters. The Kier molecular flexibility index (Phi) is 6.84. The van der Waals surface area contributed by atoms with E-state index in [1.807, 2.05) is 13.8 Å². The van der Waals surface area contributed by atoms with Crippen molar-refractivity contribution < 1.29 is 14.3 Å². The minimum Gasteiger partial charge on any atom is -0.467 e. The van der Waals surface area contributed by atoms with Gasteiger partial charge in [-0.15, -0.1) is 0 Å². The largest absolute Gasteiger partial charge is 0.467 e. The fraction of sp³-hybridized carbons (Fsp3) is 0.857. The van der Waals surface area contributed by atoms with E-state index in [0.29, 0.717) is 6.04 Å². The van der Waals surface area contributed by atoms with Crippen molar-refractivity contribution in [1.82, 2.24) is 10.6 Å². The Morgan fingerprint density at radius 1 is 1.32 bits per heavy atom. The molecule has 2 atom stereocenters. The van der Waals surface area contributed by atoms with Gasteiger partial charge in [-0.25, -0.2) is 4.79 Å². The van der Waals surface area contributed by atoms with Gasteiger partial charge in [-0.3, -0.25) is 4.79 Å². The molecule has 0 bridgehead atoms. The van der Waals surface area contributed by atoms with Crippen LogP contribution in [0.1, 0.15) is 46.0 Å². The zero-order valence-electron chi connectivity index (χ0n) is 12.2. The predicted octanol–water partition coefficient (Wildman–Crippen LogP) is 1.22. The van der Waals surface area contributed by atoms with Crippen LogP contribution in [0.2, 0.25) is 0 Å². The van der Waals surface area contributed by atoms with E-state index in [1.165, 1.54) is 20.0 Å². The van der Waals surface area contributed by atoms with Crippen molar-refractivity contribution in [2.75, 3.05) is 13.7 Å². The summed E-state index contributed by atoms with van der Waals surface area (Å²) in [6.07, 6.45) is 5.56. The molecule has 0 aliphatic heterocycles. The molecule has 0 heterocycles. The third-order valence-corrected chi connectivity index (χ3v) is 3.89. The summed E-state index contributed by atoms with van der Waals surface area (Å²) < 4.78 is 4.74. The highest BCUT2D eigenvalue weighted by molar-refractivity contribution is 5.85. The maximum Gasteiger partial charge on any atom is 0.328 e. The second-order valence-corrected chi connectivity index (χ2v) is 5.32. The first kappa shape index (κ1) is 16.0.